The zero-order valence-corrected chi connectivity index (χ0v) is 12.4. The molecule has 0 aliphatic rings. The molecule has 2 rings (SSSR count). The van der Waals surface area contributed by atoms with Crippen LogP contribution in [-0.2, 0) is 0 Å². The largest absolute Gasteiger partial charge is 0.497 e. The molecule has 1 unspecified atom stereocenters. The van der Waals surface area contributed by atoms with Crippen molar-refractivity contribution < 1.29 is 13.9 Å². The van der Waals surface area contributed by atoms with Crippen LogP contribution in [0.4, 0.5) is 4.39 Å². The minimum atomic E-state index is -0.620. The summed E-state index contributed by atoms with van der Waals surface area (Å²) in [5, 5.41) is 3.33. The number of amides is 1. The third-order valence-corrected chi connectivity index (χ3v) is 3.35. The van der Waals surface area contributed by atoms with Crippen LogP contribution < -0.4 is 10.1 Å². The Morgan fingerprint density at radius 2 is 2.05 bits per heavy atom. The van der Waals surface area contributed by atoms with Crippen molar-refractivity contribution in [3.05, 3.63) is 64.4 Å². The molecular weight excluding hydrogens is 293 g/mol. The molecule has 1 amide bonds. The van der Waals surface area contributed by atoms with E-state index in [1.165, 1.54) is 19.2 Å². The van der Waals surface area contributed by atoms with Crippen molar-refractivity contribution in [1.82, 2.24) is 5.32 Å². The van der Waals surface area contributed by atoms with Crippen molar-refractivity contribution in [3.8, 4) is 5.75 Å². The summed E-state index contributed by atoms with van der Waals surface area (Å²) in [5.74, 6) is -0.736. The molecule has 3 nitrogen and oxygen atoms in total. The minimum absolute atomic E-state index is 0.0234. The van der Waals surface area contributed by atoms with E-state index in [0.29, 0.717) is 10.8 Å². The second-order valence-electron chi connectivity index (χ2n) is 4.60. The van der Waals surface area contributed by atoms with Gasteiger partial charge < -0.3 is 10.1 Å². The van der Waals surface area contributed by atoms with Gasteiger partial charge >= 0.3 is 0 Å². The van der Waals surface area contributed by atoms with Crippen LogP contribution in [0.15, 0.2) is 42.5 Å². The average molecular weight is 308 g/mol. The molecule has 1 atom stereocenters. The number of carbonyl (C=O) groups is 1. The predicted molar refractivity (Wildman–Crippen MR) is 80.3 cm³/mol. The van der Waals surface area contributed by atoms with Gasteiger partial charge in [-0.2, -0.15) is 0 Å². The SMILES string of the molecule is COc1ccc(C(=O)NC(C)c2cccc(Cl)c2)c(F)c1. The van der Waals surface area contributed by atoms with E-state index >= 15 is 0 Å². The Morgan fingerprint density at radius 1 is 1.29 bits per heavy atom. The fourth-order valence-electron chi connectivity index (χ4n) is 1.94. The molecule has 0 heterocycles. The fourth-order valence-corrected chi connectivity index (χ4v) is 2.14. The molecule has 0 aliphatic carbocycles. The number of benzene rings is 2. The zero-order chi connectivity index (χ0) is 15.4. The number of hydrogen-bond acceptors (Lipinski definition) is 2. The van der Waals surface area contributed by atoms with Gasteiger partial charge in [-0.25, -0.2) is 4.39 Å². The van der Waals surface area contributed by atoms with Gasteiger partial charge in [-0.3, -0.25) is 4.79 Å². The summed E-state index contributed by atoms with van der Waals surface area (Å²) >= 11 is 5.91. The lowest BCUT2D eigenvalue weighted by Crippen LogP contribution is -2.27. The van der Waals surface area contributed by atoms with Crippen molar-refractivity contribution >= 4 is 17.5 Å². The normalized spacial score (nSPS) is 11.8. The predicted octanol–water partition coefficient (Wildman–Crippen LogP) is 3.98. The van der Waals surface area contributed by atoms with Crippen LogP contribution in [0.2, 0.25) is 5.02 Å². The Balaban J connectivity index is 2.14. The molecule has 5 heteroatoms. The number of halogens is 2. The number of carbonyl (C=O) groups excluding carboxylic acids is 1. The van der Waals surface area contributed by atoms with Gasteiger partial charge in [0.05, 0.1) is 18.7 Å². The first-order valence-electron chi connectivity index (χ1n) is 6.41. The Bertz CT molecular complexity index is 660. The molecule has 0 radical (unpaired) electrons. The quantitative estimate of drug-likeness (QED) is 0.928. The third kappa shape index (κ3) is 3.73. The molecule has 0 bridgehead atoms. The van der Waals surface area contributed by atoms with E-state index in [1.807, 2.05) is 13.0 Å². The lowest BCUT2D eigenvalue weighted by molar-refractivity contribution is 0.0936. The van der Waals surface area contributed by atoms with Crippen LogP contribution in [0.25, 0.3) is 0 Å². The molecule has 0 saturated heterocycles. The summed E-state index contributed by atoms with van der Waals surface area (Å²) in [6.07, 6.45) is 0. The Morgan fingerprint density at radius 3 is 2.67 bits per heavy atom. The van der Waals surface area contributed by atoms with Crippen LogP contribution in [0.3, 0.4) is 0 Å². The molecule has 2 aromatic rings. The maximum Gasteiger partial charge on any atom is 0.254 e. The fraction of sp³-hybridized carbons (Fsp3) is 0.188. The highest BCUT2D eigenvalue weighted by Crippen LogP contribution is 2.20. The van der Waals surface area contributed by atoms with Crippen molar-refractivity contribution in [1.29, 1.82) is 0 Å². The smallest absolute Gasteiger partial charge is 0.254 e. The van der Waals surface area contributed by atoms with Gasteiger partial charge in [0.1, 0.15) is 11.6 Å². The van der Waals surface area contributed by atoms with Crippen molar-refractivity contribution in [3.63, 3.8) is 0 Å². The first-order chi connectivity index (χ1) is 10.0. The summed E-state index contributed by atoms with van der Waals surface area (Å²) in [5.41, 5.74) is 0.828. The van der Waals surface area contributed by atoms with E-state index in [4.69, 9.17) is 16.3 Å². The van der Waals surface area contributed by atoms with E-state index in [9.17, 15) is 9.18 Å². The average Bonchev–Trinajstić information content (AvgIpc) is 2.46. The number of ether oxygens (including phenoxy) is 1. The summed E-state index contributed by atoms with van der Waals surface area (Å²) < 4.78 is 18.7. The number of rotatable bonds is 4. The molecule has 1 N–H and O–H groups in total. The highest BCUT2D eigenvalue weighted by atomic mass is 35.5. The highest BCUT2D eigenvalue weighted by molar-refractivity contribution is 6.30. The topological polar surface area (TPSA) is 38.3 Å². The van der Waals surface area contributed by atoms with E-state index in [-0.39, 0.29) is 11.6 Å². The minimum Gasteiger partial charge on any atom is -0.497 e. The second-order valence-corrected chi connectivity index (χ2v) is 5.03. The van der Waals surface area contributed by atoms with Gasteiger partial charge in [0.2, 0.25) is 0 Å². The summed E-state index contributed by atoms with van der Waals surface area (Å²) in [6.45, 7) is 1.81. The molecular formula is C16H15ClFNO2. The molecule has 0 saturated carbocycles. The Hall–Kier alpha value is -2.07. The van der Waals surface area contributed by atoms with Gasteiger partial charge in [0.25, 0.3) is 5.91 Å². The van der Waals surface area contributed by atoms with Crippen LogP contribution in [0.1, 0.15) is 28.9 Å². The monoisotopic (exact) mass is 307 g/mol. The highest BCUT2D eigenvalue weighted by Gasteiger charge is 2.15. The number of hydrogen-bond donors (Lipinski definition) is 1. The molecule has 0 aromatic heterocycles. The standard InChI is InChI=1S/C16H15ClFNO2/c1-10(11-4-3-5-12(17)8-11)19-16(20)14-7-6-13(21-2)9-15(14)18/h3-10H,1-2H3,(H,19,20). The second kappa shape index (κ2) is 6.59. The van der Waals surface area contributed by atoms with Gasteiger partial charge in [0, 0.05) is 11.1 Å². The molecule has 0 fully saturated rings. The first kappa shape index (κ1) is 15.3. The summed E-state index contributed by atoms with van der Waals surface area (Å²) in [6, 6.07) is 11.0. The van der Waals surface area contributed by atoms with E-state index < -0.39 is 11.7 Å². The molecule has 110 valence electrons. The van der Waals surface area contributed by atoms with E-state index in [1.54, 1.807) is 24.3 Å². The van der Waals surface area contributed by atoms with E-state index in [0.717, 1.165) is 5.56 Å². The van der Waals surface area contributed by atoms with E-state index in [2.05, 4.69) is 5.32 Å². The Labute approximate surface area is 127 Å². The summed E-state index contributed by atoms with van der Waals surface area (Å²) in [4.78, 5) is 12.1. The third-order valence-electron chi connectivity index (χ3n) is 3.12. The zero-order valence-electron chi connectivity index (χ0n) is 11.7. The van der Waals surface area contributed by atoms with Crippen molar-refractivity contribution in [2.24, 2.45) is 0 Å². The van der Waals surface area contributed by atoms with Crippen LogP contribution in [0, 0.1) is 5.82 Å². The van der Waals surface area contributed by atoms with Gasteiger partial charge in [-0.15, -0.1) is 0 Å². The number of nitrogens with one attached hydrogen (secondary N) is 1. The molecule has 21 heavy (non-hydrogen) atoms. The molecule has 0 aliphatic heterocycles. The summed E-state index contributed by atoms with van der Waals surface area (Å²) in [7, 11) is 1.44. The maximum atomic E-state index is 13.8. The molecule has 0 spiro atoms. The first-order valence-corrected chi connectivity index (χ1v) is 6.79. The van der Waals surface area contributed by atoms with Gasteiger partial charge in [-0.1, -0.05) is 23.7 Å². The lowest BCUT2D eigenvalue weighted by atomic mass is 10.1. The lowest BCUT2D eigenvalue weighted by Gasteiger charge is -2.15. The number of methoxy groups -OCH3 is 1. The van der Waals surface area contributed by atoms with Gasteiger partial charge in [0.15, 0.2) is 0 Å². The molecule has 2 aromatic carbocycles. The van der Waals surface area contributed by atoms with Crippen LogP contribution in [-0.4, -0.2) is 13.0 Å². The van der Waals surface area contributed by atoms with Crippen molar-refractivity contribution in [2.75, 3.05) is 7.11 Å². The van der Waals surface area contributed by atoms with Gasteiger partial charge in [-0.05, 0) is 36.8 Å². The maximum absolute atomic E-state index is 13.8. The van der Waals surface area contributed by atoms with Crippen LogP contribution in [0.5, 0.6) is 5.75 Å². The van der Waals surface area contributed by atoms with Crippen molar-refractivity contribution in [2.45, 2.75) is 13.0 Å². The Kier molecular flexibility index (Phi) is 4.81. The van der Waals surface area contributed by atoms with Crippen LogP contribution >= 0.6 is 11.6 Å².